The Kier molecular flexibility index (Phi) is 3.37. The lowest BCUT2D eigenvalue weighted by Crippen LogP contribution is -2.27. The molecule has 4 heteroatoms. The van der Waals surface area contributed by atoms with Crippen LogP contribution in [0.4, 0.5) is 0 Å². The third-order valence-electron chi connectivity index (χ3n) is 3.90. The monoisotopic (exact) mass is 268 g/mol. The van der Waals surface area contributed by atoms with Gasteiger partial charge in [-0.2, -0.15) is 0 Å². The normalized spacial score (nSPS) is 24.7. The molecule has 1 aliphatic heterocycles. The van der Waals surface area contributed by atoms with Crippen molar-refractivity contribution >= 4 is 0 Å². The molecule has 1 aromatic rings. The third kappa shape index (κ3) is 2.37. The summed E-state index contributed by atoms with van der Waals surface area (Å²) >= 11 is 0. The summed E-state index contributed by atoms with van der Waals surface area (Å²) < 4.78 is 0. The Hall–Kier alpha value is -2.36. The summed E-state index contributed by atoms with van der Waals surface area (Å²) in [6, 6.07) is 9.95. The van der Waals surface area contributed by atoms with Crippen LogP contribution in [0.15, 0.2) is 66.4 Å². The van der Waals surface area contributed by atoms with Crippen LogP contribution in [0.2, 0.25) is 0 Å². The van der Waals surface area contributed by atoms with Crippen molar-refractivity contribution in [2.75, 3.05) is 6.54 Å². The van der Waals surface area contributed by atoms with Crippen molar-refractivity contribution in [2.45, 2.75) is 12.0 Å². The van der Waals surface area contributed by atoms with Gasteiger partial charge in [0.15, 0.2) is 0 Å². The smallest absolute Gasteiger partial charge is 0.214 e. The van der Waals surface area contributed by atoms with Crippen molar-refractivity contribution < 1.29 is 4.92 Å². The zero-order valence-electron chi connectivity index (χ0n) is 11.0. The van der Waals surface area contributed by atoms with Crippen LogP contribution in [0.1, 0.15) is 11.5 Å². The Morgan fingerprint density at radius 1 is 1.20 bits per heavy atom. The SMILES string of the molecule is O=[N+]([O-])CC(C1=CNC2C=CC=CC12)c1ccccc1. The van der Waals surface area contributed by atoms with E-state index in [1.165, 1.54) is 0 Å². The number of hydrogen-bond acceptors (Lipinski definition) is 3. The van der Waals surface area contributed by atoms with Gasteiger partial charge in [0.1, 0.15) is 0 Å². The number of hydrogen-bond donors (Lipinski definition) is 1. The molecule has 4 nitrogen and oxygen atoms in total. The van der Waals surface area contributed by atoms with Gasteiger partial charge in [0.2, 0.25) is 6.54 Å². The molecule has 0 bridgehead atoms. The molecule has 20 heavy (non-hydrogen) atoms. The van der Waals surface area contributed by atoms with Crippen LogP contribution in [0.25, 0.3) is 0 Å². The lowest BCUT2D eigenvalue weighted by molar-refractivity contribution is -0.482. The molecule has 3 rings (SSSR count). The highest BCUT2D eigenvalue weighted by atomic mass is 16.6. The molecule has 0 spiro atoms. The van der Waals surface area contributed by atoms with E-state index in [2.05, 4.69) is 17.5 Å². The number of nitrogens with one attached hydrogen (secondary N) is 1. The minimum absolute atomic E-state index is 0.0711. The fourth-order valence-electron chi connectivity index (χ4n) is 2.94. The molecule has 1 N–H and O–H groups in total. The minimum atomic E-state index is -0.228. The zero-order valence-corrected chi connectivity index (χ0v) is 11.0. The van der Waals surface area contributed by atoms with Crippen LogP contribution in [0.3, 0.4) is 0 Å². The number of allylic oxidation sites excluding steroid dienone is 2. The van der Waals surface area contributed by atoms with Crippen molar-refractivity contribution in [3.8, 4) is 0 Å². The van der Waals surface area contributed by atoms with E-state index in [4.69, 9.17) is 0 Å². The van der Waals surface area contributed by atoms with E-state index >= 15 is 0 Å². The van der Waals surface area contributed by atoms with E-state index in [1.54, 1.807) is 0 Å². The molecule has 0 radical (unpaired) electrons. The first-order valence-corrected chi connectivity index (χ1v) is 6.73. The van der Waals surface area contributed by atoms with Gasteiger partial charge >= 0.3 is 0 Å². The van der Waals surface area contributed by atoms with Gasteiger partial charge in [-0.05, 0) is 17.3 Å². The molecule has 1 aromatic carbocycles. The molecule has 0 aromatic heterocycles. The maximum Gasteiger partial charge on any atom is 0.214 e. The van der Waals surface area contributed by atoms with Crippen molar-refractivity contribution in [1.82, 2.24) is 5.32 Å². The second-order valence-corrected chi connectivity index (χ2v) is 5.11. The largest absolute Gasteiger partial charge is 0.384 e. The highest BCUT2D eigenvalue weighted by molar-refractivity contribution is 5.39. The van der Waals surface area contributed by atoms with E-state index in [-0.39, 0.29) is 29.3 Å². The first kappa shape index (κ1) is 12.7. The van der Waals surface area contributed by atoms with E-state index in [9.17, 15) is 10.1 Å². The quantitative estimate of drug-likeness (QED) is 0.674. The van der Waals surface area contributed by atoms with Crippen molar-refractivity contribution in [1.29, 1.82) is 0 Å². The molecular formula is C16H16N2O2. The molecule has 0 fully saturated rings. The van der Waals surface area contributed by atoms with E-state index in [1.807, 2.05) is 48.7 Å². The van der Waals surface area contributed by atoms with Gasteiger partial charge < -0.3 is 5.32 Å². The predicted octanol–water partition coefficient (Wildman–Crippen LogP) is 2.64. The number of benzene rings is 1. The summed E-state index contributed by atoms with van der Waals surface area (Å²) in [6.45, 7) is -0.0711. The van der Waals surface area contributed by atoms with E-state index in [0.29, 0.717) is 0 Å². The molecule has 0 saturated carbocycles. The predicted molar refractivity (Wildman–Crippen MR) is 77.8 cm³/mol. The number of rotatable bonds is 4. The summed E-state index contributed by atoms with van der Waals surface area (Å²) in [5.41, 5.74) is 2.10. The van der Waals surface area contributed by atoms with Crippen LogP contribution in [0, 0.1) is 16.0 Å². The fraction of sp³-hybridized carbons (Fsp3) is 0.250. The van der Waals surface area contributed by atoms with Gasteiger partial charge in [-0.15, -0.1) is 0 Å². The highest BCUT2D eigenvalue weighted by Gasteiger charge is 2.34. The van der Waals surface area contributed by atoms with Crippen molar-refractivity contribution in [3.05, 3.63) is 82.1 Å². The summed E-state index contributed by atoms with van der Waals surface area (Å²) in [5.74, 6) is 0.0370. The maximum absolute atomic E-state index is 11.0. The average Bonchev–Trinajstić information content (AvgIpc) is 2.89. The molecule has 3 unspecified atom stereocenters. The molecule has 102 valence electrons. The summed E-state index contributed by atoms with van der Waals surface area (Å²) in [7, 11) is 0. The molecule has 3 atom stereocenters. The Morgan fingerprint density at radius 3 is 2.70 bits per heavy atom. The average molecular weight is 268 g/mol. The Morgan fingerprint density at radius 2 is 1.95 bits per heavy atom. The standard InChI is InChI=1S/C16H16N2O2/c19-18(20)11-15(12-6-2-1-3-7-12)14-10-17-16-9-5-4-8-13(14)16/h1-10,13,15-17H,11H2. The van der Waals surface area contributed by atoms with Crippen molar-refractivity contribution in [2.24, 2.45) is 5.92 Å². The fourth-order valence-corrected chi connectivity index (χ4v) is 2.94. The second-order valence-electron chi connectivity index (χ2n) is 5.11. The van der Waals surface area contributed by atoms with Crippen LogP contribution in [-0.4, -0.2) is 17.5 Å². The molecular weight excluding hydrogens is 252 g/mol. The zero-order chi connectivity index (χ0) is 13.9. The summed E-state index contributed by atoms with van der Waals surface area (Å²) in [6.07, 6.45) is 10.2. The highest BCUT2D eigenvalue weighted by Crippen LogP contribution is 2.36. The molecule has 1 heterocycles. The Bertz CT molecular complexity index is 590. The van der Waals surface area contributed by atoms with Gasteiger partial charge in [0.05, 0.1) is 12.0 Å². The van der Waals surface area contributed by atoms with Crippen LogP contribution in [-0.2, 0) is 0 Å². The van der Waals surface area contributed by atoms with E-state index < -0.39 is 0 Å². The number of fused-ring (bicyclic) bond motifs is 1. The number of nitro groups is 1. The van der Waals surface area contributed by atoms with Crippen molar-refractivity contribution in [3.63, 3.8) is 0 Å². The van der Waals surface area contributed by atoms with Gasteiger partial charge in [-0.1, -0.05) is 54.6 Å². The topological polar surface area (TPSA) is 55.2 Å². The number of nitrogens with zero attached hydrogens (tertiary/aromatic N) is 1. The molecule has 2 aliphatic rings. The van der Waals surface area contributed by atoms with Gasteiger partial charge in [-0.3, -0.25) is 10.1 Å². The molecule has 0 saturated heterocycles. The maximum atomic E-state index is 11.0. The van der Waals surface area contributed by atoms with Crippen LogP contribution >= 0.6 is 0 Å². The van der Waals surface area contributed by atoms with Crippen LogP contribution < -0.4 is 5.32 Å². The first-order valence-electron chi connectivity index (χ1n) is 6.73. The summed E-state index contributed by atoms with van der Waals surface area (Å²) in [5, 5.41) is 14.3. The molecule has 0 amide bonds. The van der Waals surface area contributed by atoms with Gasteiger partial charge in [0.25, 0.3) is 0 Å². The van der Waals surface area contributed by atoms with Crippen LogP contribution in [0.5, 0.6) is 0 Å². The Balaban J connectivity index is 1.92. The van der Waals surface area contributed by atoms with Gasteiger partial charge in [0, 0.05) is 10.8 Å². The molecule has 1 aliphatic carbocycles. The lowest BCUT2D eigenvalue weighted by Gasteiger charge is -2.23. The lowest BCUT2D eigenvalue weighted by atomic mass is 9.81. The van der Waals surface area contributed by atoms with Gasteiger partial charge in [-0.25, -0.2) is 0 Å². The second kappa shape index (κ2) is 5.33. The van der Waals surface area contributed by atoms with E-state index in [0.717, 1.165) is 11.1 Å². The minimum Gasteiger partial charge on any atom is -0.384 e. The third-order valence-corrected chi connectivity index (χ3v) is 3.90. The first-order chi connectivity index (χ1) is 9.75. The summed E-state index contributed by atoms with van der Waals surface area (Å²) in [4.78, 5) is 10.8. The Labute approximate surface area is 117 Å².